The molecule has 3 atom stereocenters. The average molecular weight is 302 g/mol. The molecule has 0 saturated heterocycles. The summed E-state index contributed by atoms with van der Waals surface area (Å²) in [4.78, 5) is 0. The second-order valence-electron chi connectivity index (χ2n) is 6.10. The second-order valence-corrected chi connectivity index (χ2v) is 8.42. The molecule has 0 aromatic heterocycles. The van der Waals surface area contributed by atoms with Crippen LogP contribution in [0.5, 0.6) is 0 Å². The molecule has 0 aliphatic carbocycles. The van der Waals surface area contributed by atoms with Crippen LogP contribution in [-0.2, 0) is 10.8 Å². The van der Waals surface area contributed by atoms with Crippen LogP contribution in [-0.4, -0.2) is 14.1 Å². The standard InChI is InChI=1S/C18H22O2S/c1-18(2,3)21(20)17(15-12-8-5-9-13-15)16(19)14-10-6-4-7-11-14/h4-13,16-17,19H,1-3H3/t16-,17+,21+/m1/s1. The highest BCUT2D eigenvalue weighted by atomic mass is 32.2. The van der Waals surface area contributed by atoms with Crippen LogP contribution in [0.25, 0.3) is 0 Å². The molecule has 1 N–H and O–H groups in total. The van der Waals surface area contributed by atoms with Crippen molar-refractivity contribution in [1.29, 1.82) is 0 Å². The first-order valence-electron chi connectivity index (χ1n) is 7.10. The molecule has 3 heteroatoms. The highest BCUT2D eigenvalue weighted by Gasteiger charge is 2.34. The van der Waals surface area contributed by atoms with E-state index in [1.807, 2.05) is 81.4 Å². The minimum atomic E-state index is -1.21. The van der Waals surface area contributed by atoms with E-state index in [0.29, 0.717) is 0 Å². The fourth-order valence-corrected chi connectivity index (χ4v) is 3.83. The Balaban J connectivity index is 2.44. The minimum absolute atomic E-state index is 0.393. The van der Waals surface area contributed by atoms with Gasteiger partial charge in [0, 0.05) is 15.5 Å². The maximum Gasteiger partial charge on any atom is 0.0974 e. The lowest BCUT2D eigenvalue weighted by atomic mass is 10.0. The molecule has 0 aliphatic heterocycles. The highest BCUT2D eigenvalue weighted by molar-refractivity contribution is 7.86. The molecule has 0 amide bonds. The average Bonchev–Trinajstić information content (AvgIpc) is 2.48. The summed E-state index contributed by atoms with van der Waals surface area (Å²) in [6, 6.07) is 19.1. The fraction of sp³-hybridized carbons (Fsp3) is 0.333. The van der Waals surface area contributed by atoms with E-state index in [2.05, 4.69) is 0 Å². The molecule has 0 aliphatic rings. The van der Waals surface area contributed by atoms with Gasteiger partial charge in [-0.3, -0.25) is 4.21 Å². The second kappa shape index (κ2) is 6.54. The van der Waals surface area contributed by atoms with Crippen LogP contribution in [0.3, 0.4) is 0 Å². The smallest absolute Gasteiger partial charge is 0.0974 e. The van der Waals surface area contributed by atoms with E-state index in [4.69, 9.17) is 0 Å². The maximum absolute atomic E-state index is 12.9. The van der Waals surface area contributed by atoms with E-state index in [0.717, 1.165) is 11.1 Å². The quantitative estimate of drug-likeness (QED) is 0.926. The molecule has 0 saturated carbocycles. The Kier molecular flexibility index (Phi) is 4.96. The summed E-state index contributed by atoms with van der Waals surface area (Å²) in [5.41, 5.74) is 1.70. The third kappa shape index (κ3) is 3.80. The van der Waals surface area contributed by atoms with Crippen molar-refractivity contribution in [3.8, 4) is 0 Å². The van der Waals surface area contributed by atoms with E-state index < -0.39 is 26.9 Å². The van der Waals surface area contributed by atoms with Crippen molar-refractivity contribution in [2.45, 2.75) is 36.9 Å². The number of aliphatic hydroxyl groups excluding tert-OH is 1. The number of rotatable bonds is 4. The Bertz CT molecular complexity index is 588. The van der Waals surface area contributed by atoms with Crippen molar-refractivity contribution in [1.82, 2.24) is 0 Å². The Labute approximate surface area is 129 Å². The van der Waals surface area contributed by atoms with Crippen LogP contribution in [0, 0.1) is 0 Å². The summed E-state index contributed by atoms with van der Waals surface area (Å²) in [6.45, 7) is 5.82. The zero-order valence-electron chi connectivity index (χ0n) is 12.7. The summed E-state index contributed by atoms with van der Waals surface area (Å²) >= 11 is 0. The van der Waals surface area contributed by atoms with Gasteiger partial charge in [0.05, 0.1) is 11.4 Å². The normalized spacial score (nSPS) is 16.2. The molecule has 2 aromatic carbocycles. The lowest BCUT2D eigenvalue weighted by molar-refractivity contribution is 0.172. The molecular weight excluding hydrogens is 280 g/mol. The third-order valence-corrected chi connectivity index (χ3v) is 5.59. The molecule has 21 heavy (non-hydrogen) atoms. The van der Waals surface area contributed by atoms with E-state index in [9.17, 15) is 9.32 Å². The Morgan fingerprint density at radius 1 is 0.857 bits per heavy atom. The van der Waals surface area contributed by atoms with Gasteiger partial charge in [-0.1, -0.05) is 60.7 Å². The molecule has 0 radical (unpaired) electrons. The fourth-order valence-electron chi connectivity index (χ4n) is 2.27. The van der Waals surface area contributed by atoms with E-state index in [-0.39, 0.29) is 0 Å². The van der Waals surface area contributed by atoms with Crippen LogP contribution < -0.4 is 0 Å². The van der Waals surface area contributed by atoms with Crippen molar-refractivity contribution in [2.75, 3.05) is 0 Å². The highest BCUT2D eigenvalue weighted by Crippen LogP contribution is 2.38. The van der Waals surface area contributed by atoms with Crippen LogP contribution in [0.2, 0.25) is 0 Å². The first kappa shape index (κ1) is 15.9. The van der Waals surface area contributed by atoms with Gasteiger partial charge in [-0.15, -0.1) is 0 Å². The monoisotopic (exact) mass is 302 g/mol. The molecule has 2 nitrogen and oxygen atoms in total. The van der Waals surface area contributed by atoms with E-state index in [1.165, 1.54) is 0 Å². The van der Waals surface area contributed by atoms with Crippen molar-refractivity contribution < 1.29 is 9.32 Å². The van der Waals surface area contributed by atoms with Gasteiger partial charge in [0.2, 0.25) is 0 Å². The van der Waals surface area contributed by atoms with Gasteiger partial charge in [-0.2, -0.15) is 0 Å². The van der Waals surface area contributed by atoms with Gasteiger partial charge < -0.3 is 5.11 Å². The molecule has 2 aromatic rings. The molecule has 112 valence electrons. The van der Waals surface area contributed by atoms with E-state index >= 15 is 0 Å². The lowest BCUT2D eigenvalue weighted by Gasteiger charge is -2.29. The summed E-state index contributed by atoms with van der Waals surface area (Å²) in [6.07, 6.45) is -0.784. The number of hydrogen-bond donors (Lipinski definition) is 1. The predicted octanol–water partition coefficient (Wildman–Crippen LogP) is 4.01. The summed E-state index contributed by atoms with van der Waals surface area (Å²) < 4.78 is 12.5. The topological polar surface area (TPSA) is 37.3 Å². The van der Waals surface area contributed by atoms with Gasteiger partial charge in [0.15, 0.2) is 0 Å². The van der Waals surface area contributed by atoms with E-state index in [1.54, 1.807) is 0 Å². The van der Waals surface area contributed by atoms with Gasteiger partial charge in [0.1, 0.15) is 0 Å². The summed E-state index contributed by atoms with van der Waals surface area (Å²) in [5, 5.41) is 10.3. The first-order valence-corrected chi connectivity index (χ1v) is 8.31. The van der Waals surface area contributed by atoms with Crippen LogP contribution in [0.4, 0.5) is 0 Å². The number of hydrogen-bond acceptors (Lipinski definition) is 2. The van der Waals surface area contributed by atoms with Crippen molar-refractivity contribution in [3.63, 3.8) is 0 Å². The summed E-state index contributed by atoms with van der Waals surface area (Å²) in [7, 11) is -1.21. The lowest BCUT2D eigenvalue weighted by Crippen LogP contribution is -2.30. The molecule has 0 fully saturated rings. The molecule has 2 rings (SSSR count). The van der Waals surface area contributed by atoms with Gasteiger partial charge >= 0.3 is 0 Å². The van der Waals surface area contributed by atoms with Gasteiger partial charge in [0.25, 0.3) is 0 Å². The molecule has 0 bridgehead atoms. The Hall–Kier alpha value is -1.45. The third-order valence-electron chi connectivity index (χ3n) is 3.39. The SMILES string of the molecule is CC(C)(C)[S@@](=O)[C@@H](c1ccccc1)[C@H](O)c1ccccc1. The van der Waals surface area contributed by atoms with Crippen LogP contribution >= 0.6 is 0 Å². The van der Waals surface area contributed by atoms with Crippen molar-refractivity contribution in [2.24, 2.45) is 0 Å². The predicted molar refractivity (Wildman–Crippen MR) is 88.5 cm³/mol. The first-order chi connectivity index (χ1) is 9.91. The van der Waals surface area contributed by atoms with Gasteiger partial charge in [-0.25, -0.2) is 0 Å². The number of aliphatic hydroxyl groups is 1. The largest absolute Gasteiger partial charge is 0.387 e. The molecular formula is C18H22O2S. The van der Waals surface area contributed by atoms with Crippen molar-refractivity contribution in [3.05, 3.63) is 71.8 Å². The minimum Gasteiger partial charge on any atom is -0.387 e. The Morgan fingerprint density at radius 3 is 1.71 bits per heavy atom. The van der Waals surface area contributed by atoms with Crippen molar-refractivity contribution >= 4 is 10.8 Å². The summed E-state index contributed by atoms with van der Waals surface area (Å²) in [5.74, 6) is 0. The zero-order valence-corrected chi connectivity index (χ0v) is 13.5. The molecule has 0 spiro atoms. The Morgan fingerprint density at radius 2 is 1.29 bits per heavy atom. The zero-order chi connectivity index (χ0) is 15.5. The number of benzene rings is 2. The van der Waals surface area contributed by atoms with Crippen LogP contribution in [0.15, 0.2) is 60.7 Å². The molecule has 0 unspecified atom stereocenters. The maximum atomic E-state index is 12.9. The van der Waals surface area contributed by atoms with Crippen LogP contribution in [0.1, 0.15) is 43.3 Å². The molecule has 0 heterocycles. The van der Waals surface area contributed by atoms with Gasteiger partial charge in [-0.05, 0) is 31.9 Å².